The van der Waals surface area contributed by atoms with E-state index in [0.29, 0.717) is 6.04 Å². The normalized spacial score (nSPS) is 20.5. The molecular weight excluding hydrogens is 347 g/mol. The van der Waals surface area contributed by atoms with E-state index in [1.165, 1.54) is 12.8 Å². The van der Waals surface area contributed by atoms with Crippen molar-refractivity contribution < 1.29 is 0 Å². The average molecular weight is 373 g/mol. The summed E-state index contributed by atoms with van der Waals surface area (Å²) >= 11 is 0. The van der Waals surface area contributed by atoms with Gasteiger partial charge in [0.1, 0.15) is 0 Å². The van der Waals surface area contributed by atoms with Crippen molar-refractivity contribution in [3.8, 4) is 0 Å². The van der Waals surface area contributed by atoms with Crippen LogP contribution in [0.25, 0.3) is 11.0 Å². The summed E-state index contributed by atoms with van der Waals surface area (Å²) in [5, 5.41) is 3.44. The van der Waals surface area contributed by atoms with Crippen LogP contribution in [0, 0.1) is 0 Å². The van der Waals surface area contributed by atoms with E-state index in [2.05, 4.69) is 15.2 Å². The number of piperidine rings is 2. The van der Waals surface area contributed by atoms with Crippen molar-refractivity contribution in [3.05, 3.63) is 34.7 Å². The number of hydrogen-bond acceptors (Lipinski definition) is 3. The van der Waals surface area contributed by atoms with Crippen molar-refractivity contribution in [3.63, 3.8) is 0 Å². The number of aromatic amines is 1. The number of imidazole rings is 1. The highest BCUT2D eigenvalue weighted by Gasteiger charge is 2.28. The Labute approximate surface area is 154 Å². The third-order valence-corrected chi connectivity index (χ3v) is 5.31. The van der Waals surface area contributed by atoms with Crippen LogP contribution < -0.4 is 11.0 Å². The van der Waals surface area contributed by atoms with Crippen LogP contribution in [0.2, 0.25) is 0 Å². The number of para-hydroxylation sites is 2. The fourth-order valence-electron chi connectivity index (χ4n) is 4.12. The lowest BCUT2D eigenvalue weighted by atomic mass is 9.98. The van der Waals surface area contributed by atoms with E-state index in [-0.39, 0.29) is 30.5 Å². The summed E-state index contributed by atoms with van der Waals surface area (Å²) in [5.41, 5.74) is 2.04. The Morgan fingerprint density at radius 1 is 0.917 bits per heavy atom. The summed E-state index contributed by atoms with van der Waals surface area (Å²) in [6, 6.07) is 9.09. The van der Waals surface area contributed by atoms with Gasteiger partial charge in [0, 0.05) is 25.2 Å². The Hall–Kier alpha value is -1.01. The minimum absolute atomic E-state index is 0. The first-order chi connectivity index (χ1) is 10.8. The first-order valence-electron chi connectivity index (χ1n) is 8.47. The van der Waals surface area contributed by atoms with Crippen LogP contribution in [0.3, 0.4) is 0 Å². The second-order valence-electron chi connectivity index (χ2n) is 6.57. The van der Waals surface area contributed by atoms with E-state index >= 15 is 0 Å². The number of nitrogens with zero attached hydrogens (tertiary/aromatic N) is 2. The van der Waals surface area contributed by atoms with Gasteiger partial charge in [-0.2, -0.15) is 0 Å². The van der Waals surface area contributed by atoms with Crippen molar-refractivity contribution in [2.24, 2.45) is 0 Å². The molecule has 0 atom stereocenters. The van der Waals surface area contributed by atoms with E-state index in [0.717, 1.165) is 56.1 Å². The van der Waals surface area contributed by atoms with E-state index < -0.39 is 0 Å². The van der Waals surface area contributed by atoms with Gasteiger partial charge in [-0.05, 0) is 50.9 Å². The first kappa shape index (κ1) is 19.3. The molecule has 1 aromatic carbocycles. The third-order valence-electron chi connectivity index (χ3n) is 5.31. The van der Waals surface area contributed by atoms with Gasteiger partial charge in [-0.1, -0.05) is 12.1 Å². The highest BCUT2D eigenvalue weighted by Crippen LogP contribution is 2.27. The number of likely N-dealkylation sites (tertiary alicyclic amines) is 1. The molecule has 0 amide bonds. The molecule has 134 valence electrons. The lowest BCUT2D eigenvalue weighted by Gasteiger charge is -2.39. The van der Waals surface area contributed by atoms with Crippen molar-refractivity contribution >= 4 is 35.8 Å². The second kappa shape index (κ2) is 8.39. The summed E-state index contributed by atoms with van der Waals surface area (Å²) in [7, 11) is 0. The maximum Gasteiger partial charge on any atom is 0.326 e. The molecule has 2 aliphatic rings. The number of nitrogens with one attached hydrogen (secondary N) is 2. The number of fused-ring (bicyclic) bond motifs is 1. The molecule has 2 aromatic rings. The molecule has 0 spiro atoms. The van der Waals surface area contributed by atoms with E-state index in [1.54, 1.807) is 0 Å². The van der Waals surface area contributed by atoms with Gasteiger partial charge in [-0.15, -0.1) is 24.8 Å². The zero-order chi connectivity index (χ0) is 14.9. The van der Waals surface area contributed by atoms with Gasteiger partial charge in [0.2, 0.25) is 0 Å². The summed E-state index contributed by atoms with van der Waals surface area (Å²) < 4.78 is 1.98. The first-order valence-corrected chi connectivity index (χ1v) is 8.47. The number of H-pyrrole nitrogens is 1. The molecule has 2 N–H and O–H groups in total. The van der Waals surface area contributed by atoms with E-state index in [1.807, 2.05) is 28.8 Å². The summed E-state index contributed by atoms with van der Waals surface area (Å²) in [6.45, 7) is 4.52. The van der Waals surface area contributed by atoms with Crippen molar-refractivity contribution in [2.75, 3.05) is 26.2 Å². The van der Waals surface area contributed by atoms with Crippen LogP contribution in [0.5, 0.6) is 0 Å². The van der Waals surface area contributed by atoms with Crippen LogP contribution in [0.4, 0.5) is 0 Å². The maximum atomic E-state index is 12.3. The topological polar surface area (TPSA) is 53.1 Å². The van der Waals surface area contributed by atoms with E-state index in [4.69, 9.17) is 0 Å². The second-order valence-corrected chi connectivity index (χ2v) is 6.57. The molecule has 1 aromatic heterocycles. The predicted molar refractivity (Wildman–Crippen MR) is 103 cm³/mol. The number of aromatic nitrogens is 2. The number of benzene rings is 1. The smallest absolute Gasteiger partial charge is 0.317 e. The van der Waals surface area contributed by atoms with Crippen LogP contribution in [-0.4, -0.2) is 46.7 Å². The summed E-state index contributed by atoms with van der Waals surface area (Å²) in [5.74, 6) is 0. The Morgan fingerprint density at radius 2 is 1.58 bits per heavy atom. The molecule has 5 nitrogen and oxygen atoms in total. The molecule has 0 bridgehead atoms. The zero-order valence-corrected chi connectivity index (χ0v) is 15.4. The number of hydrogen-bond donors (Lipinski definition) is 2. The summed E-state index contributed by atoms with van der Waals surface area (Å²) in [4.78, 5) is 17.9. The monoisotopic (exact) mass is 372 g/mol. The molecule has 0 unspecified atom stereocenters. The van der Waals surface area contributed by atoms with Gasteiger partial charge in [-0.3, -0.25) is 4.57 Å². The molecule has 7 heteroatoms. The van der Waals surface area contributed by atoms with Gasteiger partial charge < -0.3 is 15.2 Å². The van der Waals surface area contributed by atoms with Crippen molar-refractivity contribution in [1.82, 2.24) is 19.8 Å². The SMILES string of the molecule is Cl.Cl.O=c1[nH]c2ccccc2n1C1CCN(C2CCNCC2)CC1. The van der Waals surface area contributed by atoms with Gasteiger partial charge in [-0.25, -0.2) is 4.79 Å². The molecule has 2 saturated heterocycles. The molecular formula is C17H26Cl2N4O. The van der Waals surface area contributed by atoms with Crippen LogP contribution in [-0.2, 0) is 0 Å². The third kappa shape index (κ3) is 3.64. The molecule has 24 heavy (non-hydrogen) atoms. The lowest BCUT2D eigenvalue weighted by Crippen LogP contribution is -2.47. The van der Waals surface area contributed by atoms with Gasteiger partial charge in [0.05, 0.1) is 11.0 Å². The average Bonchev–Trinajstić information content (AvgIpc) is 2.91. The maximum absolute atomic E-state index is 12.3. The molecule has 0 saturated carbocycles. The molecule has 3 heterocycles. The zero-order valence-electron chi connectivity index (χ0n) is 13.7. The number of rotatable bonds is 2. The molecule has 4 rings (SSSR count). The highest BCUT2D eigenvalue weighted by atomic mass is 35.5. The minimum atomic E-state index is 0. The highest BCUT2D eigenvalue weighted by molar-refractivity contribution is 5.85. The van der Waals surface area contributed by atoms with Gasteiger partial charge in [0.25, 0.3) is 0 Å². The van der Waals surface area contributed by atoms with Crippen LogP contribution in [0.1, 0.15) is 31.7 Å². The van der Waals surface area contributed by atoms with Crippen LogP contribution in [0.15, 0.2) is 29.1 Å². The predicted octanol–water partition coefficient (Wildman–Crippen LogP) is 2.56. The Bertz CT molecular complexity index is 700. The summed E-state index contributed by atoms with van der Waals surface area (Å²) in [6.07, 6.45) is 4.67. The standard InChI is InChI=1S/C17H24N4O.2ClH/c22-17-19-15-3-1-2-4-16(15)21(17)14-7-11-20(12-8-14)13-5-9-18-10-6-13;;/h1-4,13-14,18H,5-12H2,(H,19,22);2*1H. The Balaban J connectivity index is 0.00000104. The fraction of sp³-hybridized carbons (Fsp3) is 0.588. The van der Waals surface area contributed by atoms with Gasteiger partial charge in [0.15, 0.2) is 0 Å². The van der Waals surface area contributed by atoms with Gasteiger partial charge >= 0.3 is 5.69 Å². The fourth-order valence-corrected chi connectivity index (χ4v) is 4.12. The molecule has 2 aliphatic heterocycles. The molecule has 0 radical (unpaired) electrons. The van der Waals surface area contributed by atoms with Crippen molar-refractivity contribution in [1.29, 1.82) is 0 Å². The van der Waals surface area contributed by atoms with Crippen LogP contribution >= 0.6 is 24.8 Å². The Morgan fingerprint density at radius 3 is 2.29 bits per heavy atom. The quantitative estimate of drug-likeness (QED) is 0.851. The number of halogens is 2. The minimum Gasteiger partial charge on any atom is -0.317 e. The molecule has 0 aliphatic carbocycles. The van der Waals surface area contributed by atoms with E-state index in [9.17, 15) is 4.79 Å². The van der Waals surface area contributed by atoms with Crippen molar-refractivity contribution in [2.45, 2.75) is 37.8 Å². The lowest BCUT2D eigenvalue weighted by molar-refractivity contribution is 0.113. The Kier molecular flexibility index (Phi) is 6.75. The molecule has 2 fully saturated rings. The largest absolute Gasteiger partial charge is 0.326 e.